The summed E-state index contributed by atoms with van der Waals surface area (Å²) in [6.45, 7) is 3.14. The van der Waals surface area contributed by atoms with Gasteiger partial charge in [0.05, 0.1) is 12.5 Å². The topological polar surface area (TPSA) is 49.4 Å². The fourth-order valence-corrected chi connectivity index (χ4v) is 3.65. The molecule has 0 aromatic heterocycles. The molecule has 1 unspecified atom stereocenters. The molecule has 0 radical (unpaired) electrons. The highest BCUT2D eigenvalue weighted by Gasteiger charge is 2.46. The molecule has 1 aliphatic heterocycles. The van der Waals surface area contributed by atoms with Gasteiger partial charge in [-0.3, -0.25) is 14.5 Å². The van der Waals surface area contributed by atoms with E-state index in [1.165, 1.54) is 37.0 Å². The summed E-state index contributed by atoms with van der Waals surface area (Å²) in [4.78, 5) is 25.6. The van der Waals surface area contributed by atoms with Crippen LogP contribution in [0.15, 0.2) is 0 Å². The number of likely N-dealkylation sites (tertiary alicyclic amines) is 1. The summed E-state index contributed by atoms with van der Waals surface area (Å²) in [5, 5.41) is 3.40. The number of nitrogens with one attached hydrogen (secondary N) is 1. The predicted octanol–water partition coefficient (Wildman–Crippen LogP) is 1.84. The Balaban J connectivity index is 1.58. The minimum absolute atomic E-state index is 0.0248. The van der Waals surface area contributed by atoms with E-state index in [0.717, 1.165) is 19.4 Å². The van der Waals surface area contributed by atoms with Gasteiger partial charge in [-0.05, 0) is 37.5 Å². The van der Waals surface area contributed by atoms with Gasteiger partial charge in [0.25, 0.3) is 0 Å². The molecule has 0 aromatic rings. The zero-order chi connectivity index (χ0) is 13.5. The number of rotatable bonds is 5. The molecule has 1 atom stereocenters. The molecule has 2 saturated carbocycles. The summed E-state index contributed by atoms with van der Waals surface area (Å²) in [6, 6.07) is -0.0319. The van der Waals surface area contributed by atoms with Gasteiger partial charge in [-0.25, -0.2) is 0 Å². The SMILES string of the molecule is CCC1(CNC2CC(=O)N(C3CC3)C2=O)CCCC1. The van der Waals surface area contributed by atoms with E-state index in [1.807, 2.05) is 0 Å². The van der Waals surface area contributed by atoms with Crippen molar-refractivity contribution in [3.8, 4) is 0 Å². The molecular formula is C15H24N2O2. The first-order chi connectivity index (χ1) is 9.15. The van der Waals surface area contributed by atoms with Crippen molar-refractivity contribution in [3.05, 3.63) is 0 Å². The Kier molecular flexibility index (Phi) is 3.37. The van der Waals surface area contributed by atoms with Crippen molar-refractivity contribution in [2.75, 3.05) is 6.54 Å². The number of hydrogen-bond acceptors (Lipinski definition) is 3. The molecule has 1 heterocycles. The van der Waals surface area contributed by atoms with E-state index in [4.69, 9.17) is 0 Å². The van der Waals surface area contributed by atoms with Gasteiger partial charge in [0.15, 0.2) is 0 Å². The minimum atomic E-state index is -0.253. The Labute approximate surface area is 114 Å². The average molecular weight is 264 g/mol. The molecule has 0 aromatic carbocycles. The van der Waals surface area contributed by atoms with E-state index in [-0.39, 0.29) is 23.9 Å². The predicted molar refractivity (Wildman–Crippen MR) is 72.5 cm³/mol. The third-order valence-corrected chi connectivity index (χ3v) is 5.23. The summed E-state index contributed by atoms with van der Waals surface area (Å²) in [7, 11) is 0. The summed E-state index contributed by atoms with van der Waals surface area (Å²) in [5.74, 6) is 0.0544. The zero-order valence-corrected chi connectivity index (χ0v) is 11.8. The third-order valence-electron chi connectivity index (χ3n) is 5.23. The lowest BCUT2D eigenvalue weighted by Gasteiger charge is -2.29. The van der Waals surface area contributed by atoms with E-state index >= 15 is 0 Å². The molecule has 3 rings (SSSR count). The normalized spacial score (nSPS) is 30.4. The molecule has 1 N–H and O–H groups in total. The Morgan fingerprint density at radius 3 is 2.53 bits per heavy atom. The molecular weight excluding hydrogens is 240 g/mol. The van der Waals surface area contributed by atoms with Crippen molar-refractivity contribution in [2.45, 2.75) is 70.4 Å². The van der Waals surface area contributed by atoms with Crippen LogP contribution >= 0.6 is 0 Å². The zero-order valence-electron chi connectivity index (χ0n) is 11.8. The van der Waals surface area contributed by atoms with Crippen molar-refractivity contribution in [2.24, 2.45) is 5.41 Å². The Morgan fingerprint density at radius 2 is 1.95 bits per heavy atom. The first-order valence-corrected chi connectivity index (χ1v) is 7.74. The number of imide groups is 1. The molecule has 3 aliphatic rings. The monoisotopic (exact) mass is 264 g/mol. The van der Waals surface area contributed by atoms with Crippen LogP contribution in [0, 0.1) is 5.41 Å². The summed E-state index contributed by atoms with van der Waals surface area (Å²) in [5.41, 5.74) is 0.371. The van der Waals surface area contributed by atoms with Gasteiger partial charge >= 0.3 is 0 Å². The van der Waals surface area contributed by atoms with Crippen LogP contribution in [0.4, 0.5) is 0 Å². The van der Waals surface area contributed by atoms with Gasteiger partial charge in [0.1, 0.15) is 0 Å². The lowest BCUT2D eigenvalue weighted by Crippen LogP contribution is -2.43. The lowest BCUT2D eigenvalue weighted by molar-refractivity contribution is -0.139. The van der Waals surface area contributed by atoms with E-state index in [0.29, 0.717) is 11.8 Å². The van der Waals surface area contributed by atoms with Crippen LogP contribution in [-0.4, -0.2) is 35.3 Å². The molecule has 4 heteroatoms. The van der Waals surface area contributed by atoms with Crippen LogP contribution in [0.2, 0.25) is 0 Å². The highest BCUT2D eigenvalue weighted by molar-refractivity contribution is 6.06. The number of carbonyl (C=O) groups is 2. The van der Waals surface area contributed by atoms with Crippen molar-refractivity contribution in [3.63, 3.8) is 0 Å². The van der Waals surface area contributed by atoms with E-state index < -0.39 is 0 Å². The molecule has 1 saturated heterocycles. The standard InChI is InChI=1S/C15H24N2O2/c1-2-15(7-3-4-8-15)10-16-12-9-13(18)17(14(12)19)11-5-6-11/h11-12,16H,2-10H2,1H3. The second-order valence-corrected chi connectivity index (χ2v) is 6.53. The van der Waals surface area contributed by atoms with E-state index in [2.05, 4.69) is 12.2 Å². The summed E-state index contributed by atoms with van der Waals surface area (Å²) < 4.78 is 0. The molecule has 3 fully saturated rings. The molecule has 0 bridgehead atoms. The smallest absolute Gasteiger partial charge is 0.247 e. The summed E-state index contributed by atoms with van der Waals surface area (Å²) in [6.07, 6.45) is 8.68. The van der Waals surface area contributed by atoms with Gasteiger partial charge in [0, 0.05) is 12.6 Å². The third kappa shape index (κ3) is 2.42. The fraction of sp³-hybridized carbons (Fsp3) is 0.867. The van der Waals surface area contributed by atoms with Crippen molar-refractivity contribution >= 4 is 11.8 Å². The fourth-order valence-electron chi connectivity index (χ4n) is 3.65. The molecule has 0 spiro atoms. The maximum Gasteiger partial charge on any atom is 0.247 e. The molecule has 4 nitrogen and oxygen atoms in total. The van der Waals surface area contributed by atoms with Gasteiger partial charge in [-0.1, -0.05) is 19.8 Å². The van der Waals surface area contributed by atoms with Crippen LogP contribution in [0.5, 0.6) is 0 Å². The molecule has 19 heavy (non-hydrogen) atoms. The van der Waals surface area contributed by atoms with Crippen LogP contribution in [0.3, 0.4) is 0 Å². The van der Waals surface area contributed by atoms with Crippen LogP contribution in [-0.2, 0) is 9.59 Å². The van der Waals surface area contributed by atoms with Crippen molar-refractivity contribution in [1.82, 2.24) is 10.2 Å². The first kappa shape index (κ1) is 13.1. The molecule has 2 aliphatic carbocycles. The Bertz CT molecular complexity index is 384. The second-order valence-electron chi connectivity index (χ2n) is 6.53. The largest absolute Gasteiger partial charge is 0.305 e. The Hall–Kier alpha value is -0.900. The molecule has 106 valence electrons. The van der Waals surface area contributed by atoms with Gasteiger partial charge in [0.2, 0.25) is 11.8 Å². The van der Waals surface area contributed by atoms with Crippen LogP contribution in [0.25, 0.3) is 0 Å². The van der Waals surface area contributed by atoms with Crippen molar-refractivity contribution in [1.29, 1.82) is 0 Å². The highest BCUT2D eigenvalue weighted by atomic mass is 16.2. The average Bonchev–Trinajstić information content (AvgIpc) is 3.04. The number of hydrogen-bond donors (Lipinski definition) is 1. The van der Waals surface area contributed by atoms with Gasteiger partial charge < -0.3 is 5.32 Å². The van der Waals surface area contributed by atoms with E-state index in [1.54, 1.807) is 0 Å². The quantitative estimate of drug-likeness (QED) is 0.771. The lowest BCUT2D eigenvalue weighted by atomic mass is 9.83. The maximum absolute atomic E-state index is 12.2. The number of carbonyl (C=O) groups excluding carboxylic acids is 2. The minimum Gasteiger partial charge on any atom is -0.305 e. The van der Waals surface area contributed by atoms with Crippen molar-refractivity contribution < 1.29 is 9.59 Å². The Morgan fingerprint density at radius 1 is 1.26 bits per heavy atom. The first-order valence-electron chi connectivity index (χ1n) is 7.74. The second kappa shape index (κ2) is 4.89. The van der Waals surface area contributed by atoms with Crippen LogP contribution in [0.1, 0.15) is 58.3 Å². The van der Waals surface area contributed by atoms with Gasteiger partial charge in [-0.2, -0.15) is 0 Å². The van der Waals surface area contributed by atoms with Gasteiger partial charge in [-0.15, -0.1) is 0 Å². The summed E-state index contributed by atoms with van der Waals surface area (Å²) >= 11 is 0. The molecule has 2 amide bonds. The number of amides is 2. The highest BCUT2D eigenvalue weighted by Crippen LogP contribution is 2.40. The van der Waals surface area contributed by atoms with E-state index in [9.17, 15) is 9.59 Å². The number of nitrogens with zero attached hydrogens (tertiary/aromatic N) is 1. The maximum atomic E-state index is 12.2. The van der Waals surface area contributed by atoms with Crippen LogP contribution < -0.4 is 5.32 Å².